The summed E-state index contributed by atoms with van der Waals surface area (Å²) in [6.07, 6.45) is 3.28. The zero-order valence-electron chi connectivity index (χ0n) is 14.3. The van der Waals surface area contributed by atoms with Gasteiger partial charge in [-0.05, 0) is 47.9 Å². The molecule has 130 valence electrons. The van der Waals surface area contributed by atoms with Crippen molar-refractivity contribution in [3.8, 4) is 0 Å². The molecule has 0 spiro atoms. The van der Waals surface area contributed by atoms with Crippen LogP contribution in [0.1, 0.15) is 35.8 Å². The largest absolute Gasteiger partial charge is 0.314 e. The molecule has 0 radical (unpaired) electrons. The summed E-state index contributed by atoms with van der Waals surface area (Å²) in [5, 5.41) is 0. The van der Waals surface area contributed by atoms with E-state index >= 15 is 0 Å². The van der Waals surface area contributed by atoms with E-state index in [0.29, 0.717) is 17.5 Å². The van der Waals surface area contributed by atoms with Gasteiger partial charge in [-0.3, -0.25) is 4.79 Å². The minimum atomic E-state index is -3.40. The van der Waals surface area contributed by atoms with Crippen molar-refractivity contribution in [2.45, 2.75) is 29.6 Å². The summed E-state index contributed by atoms with van der Waals surface area (Å²) >= 11 is 0. The van der Waals surface area contributed by atoms with E-state index in [4.69, 9.17) is 0 Å². The molecule has 1 unspecified atom stereocenters. The fourth-order valence-corrected chi connectivity index (χ4v) is 5.23. The molecule has 1 fully saturated rings. The van der Waals surface area contributed by atoms with E-state index < -0.39 is 9.84 Å². The smallest absolute Gasteiger partial charge is 0.234 e. The van der Waals surface area contributed by atoms with E-state index in [1.807, 2.05) is 18.2 Å². The first-order valence-electron chi connectivity index (χ1n) is 8.53. The summed E-state index contributed by atoms with van der Waals surface area (Å²) in [6.45, 7) is 0. The number of amides is 1. The molecule has 1 saturated carbocycles. The average Bonchev–Trinajstić information content (AvgIpc) is 2.58. The first-order chi connectivity index (χ1) is 11.9. The number of benzene rings is 2. The molecule has 3 aliphatic carbocycles. The van der Waals surface area contributed by atoms with Gasteiger partial charge in [0.1, 0.15) is 0 Å². The lowest BCUT2D eigenvalue weighted by Crippen LogP contribution is -2.43. The maximum atomic E-state index is 13.3. The van der Waals surface area contributed by atoms with E-state index in [0.717, 1.165) is 18.4 Å². The first-order valence-corrected chi connectivity index (χ1v) is 10.4. The number of carbonyl (C=O) groups is 1. The Morgan fingerprint density at radius 2 is 1.60 bits per heavy atom. The Morgan fingerprint density at radius 1 is 1.00 bits per heavy atom. The van der Waals surface area contributed by atoms with Crippen LogP contribution in [0.3, 0.4) is 0 Å². The first kappa shape index (κ1) is 16.3. The predicted octanol–water partition coefficient (Wildman–Crippen LogP) is 3.34. The van der Waals surface area contributed by atoms with Gasteiger partial charge in [0.25, 0.3) is 0 Å². The molecular formula is C20H21NO3S. The number of hydrogen-bond donors (Lipinski definition) is 0. The van der Waals surface area contributed by atoms with Crippen LogP contribution in [0.25, 0.3) is 0 Å². The summed E-state index contributed by atoms with van der Waals surface area (Å²) in [5.41, 5.74) is 2.85. The van der Waals surface area contributed by atoms with Gasteiger partial charge in [0.15, 0.2) is 9.84 Å². The number of anilines is 1. The summed E-state index contributed by atoms with van der Waals surface area (Å²) in [5.74, 6) is 0.740. The minimum absolute atomic E-state index is 0.0216. The van der Waals surface area contributed by atoms with Crippen molar-refractivity contribution in [1.29, 1.82) is 0 Å². The van der Waals surface area contributed by atoms with E-state index in [9.17, 15) is 13.2 Å². The van der Waals surface area contributed by atoms with Gasteiger partial charge >= 0.3 is 0 Å². The van der Waals surface area contributed by atoms with Crippen LogP contribution >= 0.6 is 0 Å². The van der Waals surface area contributed by atoms with Gasteiger partial charge in [-0.15, -0.1) is 0 Å². The van der Waals surface area contributed by atoms with Crippen molar-refractivity contribution in [2.24, 2.45) is 5.92 Å². The second-order valence-electron chi connectivity index (χ2n) is 7.17. The molecule has 0 saturated heterocycles. The number of carbonyl (C=O) groups excluding carboxylic acids is 1. The van der Waals surface area contributed by atoms with E-state index in [1.165, 1.54) is 16.7 Å². The maximum Gasteiger partial charge on any atom is 0.234 e. The normalized spacial score (nSPS) is 24.2. The summed E-state index contributed by atoms with van der Waals surface area (Å²) in [6, 6.07) is 14.9. The molecule has 5 heteroatoms. The van der Waals surface area contributed by atoms with Crippen molar-refractivity contribution >= 4 is 21.4 Å². The summed E-state index contributed by atoms with van der Waals surface area (Å²) in [7, 11) is -1.72. The standard InChI is InChI=1S/C20H21NO3S/c1-21(17-9-5-6-10-18(17)25(2,23)24)20(22)19-14-11-13(12-14)15-7-3-4-8-16(15)19/h3-10,13-14,19H,11-12H2,1-2H3. The van der Waals surface area contributed by atoms with Gasteiger partial charge in [-0.1, -0.05) is 36.4 Å². The number of likely N-dealkylation sites (N-methyl/N-ethyl adjacent to an activating group) is 1. The van der Waals surface area contributed by atoms with E-state index in [1.54, 1.807) is 31.3 Å². The minimum Gasteiger partial charge on any atom is -0.314 e. The van der Waals surface area contributed by atoms with Crippen LogP contribution < -0.4 is 4.90 Å². The Labute approximate surface area is 148 Å². The third-order valence-corrected chi connectivity index (χ3v) is 6.78. The second-order valence-corrected chi connectivity index (χ2v) is 9.16. The molecule has 0 heterocycles. The van der Waals surface area contributed by atoms with Crippen LogP contribution in [0.15, 0.2) is 53.4 Å². The molecule has 2 aromatic rings. The number of rotatable bonds is 3. The second kappa shape index (κ2) is 5.70. The van der Waals surface area contributed by atoms with Crippen LogP contribution in [0.4, 0.5) is 5.69 Å². The van der Waals surface area contributed by atoms with Crippen LogP contribution in [-0.4, -0.2) is 27.6 Å². The predicted molar refractivity (Wildman–Crippen MR) is 97.6 cm³/mol. The third kappa shape index (κ3) is 2.58. The van der Waals surface area contributed by atoms with Gasteiger partial charge < -0.3 is 4.90 Å². The highest BCUT2D eigenvalue weighted by atomic mass is 32.2. The average molecular weight is 355 g/mol. The lowest BCUT2D eigenvalue weighted by Gasteiger charge is -2.48. The molecule has 0 aliphatic heterocycles. The summed E-state index contributed by atoms with van der Waals surface area (Å²) < 4.78 is 24.2. The van der Waals surface area contributed by atoms with Crippen molar-refractivity contribution < 1.29 is 13.2 Å². The van der Waals surface area contributed by atoms with Gasteiger partial charge in [0, 0.05) is 13.3 Å². The molecular weight excluding hydrogens is 334 g/mol. The van der Waals surface area contributed by atoms with Gasteiger partial charge in [-0.2, -0.15) is 0 Å². The molecule has 5 rings (SSSR count). The van der Waals surface area contributed by atoms with Gasteiger partial charge in [-0.25, -0.2) is 8.42 Å². The molecule has 1 atom stereocenters. The van der Waals surface area contributed by atoms with Crippen LogP contribution in [0.2, 0.25) is 0 Å². The van der Waals surface area contributed by atoms with Gasteiger partial charge in [0.05, 0.1) is 16.5 Å². The van der Waals surface area contributed by atoms with E-state index in [2.05, 4.69) is 6.07 Å². The third-order valence-electron chi connectivity index (χ3n) is 5.64. The molecule has 1 amide bonds. The molecule has 2 bridgehead atoms. The zero-order chi connectivity index (χ0) is 17.8. The lowest BCUT2D eigenvalue weighted by atomic mass is 9.57. The monoisotopic (exact) mass is 355 g/mol. The van der Waals surface area contributed by atoms with Crippen molar-refractivity contribution in [3.63, 3.8) is 0 Å². The molecule has 4 nitrogen and oxygen atoms in total. The van der Waals surface area contributed by atoms with Crippen molar-refractivity contribution in [2.75, 3.05) is 18.2 Å². The van der Waals surface area contributed by atoms with Crippen LogP contribution in [-0.2, 0) is 14.6 Å². The lowest BCUT2D eigenvalue weighted by molar-refractivity contribution is -0.122. The fraction of sp³-hybridized carbons (Fsp3) is 0.350. The quantitative estimate of drug-likeness (QED) is 0.848. The molecule has 0 N–H and O–H groups in total. The Balaban J connectivity index is 1.74. The number of hydrogen-bond acceptors (Lipinski definition) is 3. The topological polar surface area (TPSA) is 54.5 Å². The molecule has 2 aromatic carbocycles. The molecule has 3 aliphatic rings. The highest BCUT2D eigenvalue weighted by Gasteiger charge is 2.47. The number of para-hydroxylation sites is 1. The zero-order valence-corrected chi connectivity index (χ0v) is 15.2. The highest BCUT2D eigenvalue weighted by molar-refractivity contribution is 7.90. The van der Waals surface area contributed by atoms with Crippen LogP contribution in [0, 0.1) is 5.92 Å². The summed E-state index contributed by atoms with van der Waals surface area (Å²) in [4.78, 5) is 15.0. The van der Waals surface area contributed by atoms with Crippen molar-refractivity contribution in [1.82, 2.24) is 0 Å². The Hall–Kier alpha value is -2.14. The molecule has 0 aromatic heterocycles. The van der Waals surface area contributed by atoms with E-state index in [-0.39, 0.29) is 16.7 Å². The Morgan fingerprint density at radius 3 is 2.28 bits per heavy atom. The maximum absolute atomic E-state index is 13.3. The van der Waals surface area contributed by atoms with Crippen molar-refractivity contribution in [3.05, 3.63) is 59.7 Å². The Bertz CT molecular complexity index is 945. The SMILES string of the molecule is CN(C(=O)C1c2ccccc2C2CC1C2)c1ccccc1S(C)(=O)=O. The van der Waals surface area contributed by atoms with Gasteiger partial charge in [0.2, 0.25) is 5.91 Å². The van der Waals surface area contributed by atoms with Crippen LogP contribution in [0.5, 0.6) is 0 Å². The fourth-order valence-electron chi connectivity index (χ4n) is 4.32. The molecule has 25 heavy (non-hydrogen) atoms. The number of sulfone groups is 1. The highest BCUT2D eigenvalue weighted by Crippen LogP contribution is 2.56. The Kier molecular flexibility index (Phi) is 3.72. The number of nitrogens with zero attached hydrogens (tertiary/aromatic N) is 1.